The van der Waals surface area contributed by atoms with Gasteiger partial charge in [-0.3, -0.25) is 9.69 Å². The van der Waals surface area contributed by atoms with E-state index in [-0.39, 0.29) is 5.91 Å². The first kappa shape index (κ1) is 16.7. The van der Waals surface area contributed by atoms with Crippen molar-refractivity contribution in [2.24, 2.45) is 5.92 Å². The predicted molar refractivity (Wildman–Crippen MR) is 84.4 cm³/mol. The zero-order valence-electron chi connectivity index (χ0n) is 13.7. The van der Waals surface area contributed by atoms with Crippen molar-refractivity contribution in [1.29, 1.82) is 0 Å². The fourth-order valence-corrected chi connectivity index (χ4v) is 3.32. The molecular formula is C16H31N3O2. The molecule has 0 bridgehead atoms. The minimum atomic E-state index is 0.283. The number of rotatable bonds is 4. The number of nitrogens with zero attached hydrogens (tertiary/aromatic N) is 3. The van der Waals surface area contributed by atoms with E-state index in [4.69, 9.17) is 4.74 Å². The lowest BCUT2D eigenvalue weighted by molar-refractivity contribution is -0.132. The minimum absolute atomic E-state index is 0.283. The zero-order valence-corrected chi connectivity index (χ0v) is 13.7. The maximum absolute atomic E-state index is 12.6. The van der Waals surface area contributed by atoms with Crippen molar-refractivity contribution in [1.82, 2.24) is 14.7 Å². The van der Waals surface area contributed by atoms with E-state index in [0.29, 0.717) is 19.1 Å². The summed E-state index contributed by atoms with van der Waals surface area (Å²) >= 11 is 0. The van der Waals surface area contributed by atoms with E-state index < -0.39 is 0 Å². The molecule has 0 aliphatic carbocycles. The van der Waals surface area contributed by atoms with Crippen LogP contribution in [0.5, 0.6) is 0 Å². The van der Waals surface area contributed by atoms with Crippen LogP contribution in [0.3, 0.4) is 0 Å². The van der Waals surface area contributed by atoms with Crippen LogP contribution in [-0.2, 0) is 9.53 Å². The van der Waals surface area contributed by atoms with Crippen LogP contribution in [0.4, 0.5) is 0 Å². The molecule has 0 aromatic carbocycles. The van der Waals surface area contributed by atoms with E-state index in [2.05, 4.69) is 23.9 Å². The van der Waals surface area contributed by atoms with Gasteiger partial charge in [0.25, 0.3) is 0 Å². The van der Waals surface area contributed by atoms with E-state index in [1.165, 1.54) is 25.7 Å². The van der Waals surface area contributed by atoms with Gasteiger partial charge in [-0.05, 0) is 40.0 Å². The normalized spacial score (nSPS) is 25.7. The lowest BCUT2D eigenvalue weighted by atomic mass is 10.1. The summed E-state index contributed by atoms with van der Waals surface area (Å²) in [4.78, 5) is 19.1. The first-order chi connectivity index (χ1) is 10.1. The number of hydrogen-bond donors (Lipinski definition) is 0. The van der Waals surface area contributed by atoms with Crippen LogP contribution in [0.1, 0.15) is 25.7 Å². The van der Waals surface area contributed by atoms with Crippen molar-refractivity contribution in [3.8, 4) is 0 Å². The molecule has 2 aliphatic rings. The summed E-state index contributed by atoms with van der Waals surface area (Å²) in [5.74, 6) is 0.710. The summed E-state index contributed by atoms with van der Waals surface area (Å²) < 4.78 is 5.66. The number of ether oxygens (including phenoxy) is 1. The second-order valence-corrected chi connectivity index (χ2v) is 6.73. The van der Waals surface area contributed by atoms with Crippen LogP contribution in [0.25, 0.3) is 0 Å². The Morgan fingerprint density at radius 1 is 1.14 bits per heavy atom. The van der Waals surface area contributed by atoms with Gasteiger partial charge in [0.15, 0.2) is 0 Å². The Bertz CT molecular complexity index is 315. The van der Waals surface area contributed by atoms with Gasteiger partial charge in [0.05, 0.1) is 19.8 Å². The molecule has 122 valence electrons. The van der Waals surface area contributed by atoms with Crippen LogP contribution in [-0.4, -0.2) is 87.2 Å². The maximum atomic E-state index is 12.6. The molecule has 2 saturated heterocycles. The smallest absolute Gasteiger partial charge is 0.236 e. The fraction of sp³-hybridized carbons (Fsp3) is 0.938. The van der Waals surface area contributed by atoms with Gasteiger partial charge in [0, 0.05) is 25.6 Å². The summed E-state index contributed by atoms with van der Waals surface area (Å²) in [7, 11) is 4.16. The summed E-state index contributed by atoms with van der Waals surface area (Å²) in [6, 6.07) is 0. The summed E-state index contributed by atoms with van der Waals surface area (Å²) in [5, 5.41) is 0. The monoisotopic (exact) mass is 297 g/mol. The molecule has 21 heavy (non-hydrogen) atoms. The quantitative estimate of drug-likeness (QED) is 0.772. The van der Waals surface area contributed by atoms with Crippen LogP contribution in [0.2, 0.25) is 0 Å². The van der Waals surface area contributed by atoms with Crippen molar-refractivity contribution >= 4 is 5.91 Å². The van der Waals surface area contributed by atoms with Crippen molar-refractivity contribution in [3.05, 3.63) is 0 Å². The highest BCUT2D eigenvalue weighted by molar-refractivity contribution is 5.78. The first-order valence-electron chi connectivity index (χ1n) is 8.38. The first-order valence-corrected chi connectivity index (χ1v) is 8.38. The molecule has 2 heterocycles. The number of amides is 1. The molecule has 2 fully saturated rings. The SMILES string of the molecule is CN(C)C[C@H]1COCCN(C(=O)CN2CCCCCC2)C1. The van der Waals surface area contributed by atoms with Gasteiger partial charge in [-0.15, -0.1) is 0 Å². The number of carbonyl (C=O) groups excluding carboxylic acids is 1. The fourth-order valence-electron chi connectivity index (χ4n) is 3.32. The Morgan fingerprint density at radius 3 is 2.52 bits per heavy atom. The van der Waals surface area contributed by atoms with Gasteiger partial charge >= 0.3 is 0 Å². The van der Waals surface area contributed by atoms with E-state index >= 15 is 0 Å². The third kappa shape index (κ3) is 5.93. The highest BCUT2D eigenvalue weighted by Crippen LogP contribution is 2.12. The molecule has 0 N–H and O–H groups in total. The molecule has 0 radical (unpaired) electrons. The number of likely N-dealkylation sites (tertiary alicyclic amines) is 1. The third-order valence-corrected chi connectivity index (χ3v) is 4.37. The van der Waals surface area contributed by atoms with Gasteiger partial charge in [0.1, 0.15) is 0 Å². The minimum Gasteiger partial charge on any atom is -0.379 e. The van der Waals surface area contributed by atoms with Crippen LogP contribution >= 0.6 is 0 Å². The van der Waals surface area contributed by atoms with Gasteiger partial charge in [-0.1, -0.05) is 12.8 Å². The lowest BCUT2D eigenvalue weighted by Gasteiger charge is -2.28. The molecule has 1 atom stereocenters. The van der Waals surface area contributed by atoms with Crippen molar-refractivity contribution in [2.75, 3.05) is 66.6 Å². The Labute approximate surface area is 129 Å². The highest BCUT2D eigenvalue weighted by atomic mass is 16.5. The summed E-state index contributed by atoms with van der Waals surface area (Å²) in [6.07, 6.45) is 5.10. The predicted octanol–water partition coefficient (Wildman–Crippen LogP) is 0.899. The molecule has 5 heteroatoms. The highest BCUT2D eigenvalue weighted by Gasteiger charge is 2.24. The summed E-state index contributed by atoms with van der Waals surface area (Å²) in [5.41, 5.74) is 0. The third-order valence-electron chi connectivity index (χ3n) is 4.37. The van der Waals surface area contributed by atoms with Crippen LogP contribution in [0.15, 0.2) is 0 Å². The summed E-state index contributed by atoms with van der Waals surface area (Å²) in [6.45, 7) is 6.76. The molecule has 1 amide bonds. The average molecular weight is 297 g/mol. The van der Waals surface area contributed by atoms with Gasteiger partial charge in [-0.2, -0.15) is 0 Å². The van der Waals surface area contributed by atoms with E-state index in [0.717, 1.165) is 39.3 Å². The Kier molecular flexibility index (Phi) is 6.93. The molecular weight excluding hydrogens is 266 g/mol. The largest absolute Gasteiger partial charge is 0.379 e. The average Bonchev–Trinajstić information content (AvgIpc) is 2.81. The molecule has 0 aromatic heterocycles. The van der Waals surface area contributed by atoms with Crippen LogP contribution in [0, 0.1) is 5.92 Å². The van der Waals surface area contributed by atoms with Crippen molar-refractivity contribution < 1.29 is 9.53 Å². The molecule has 2 aliphatic heterocycles. The Balaban J connectivity index is 1.84. The molecule has 0 aromatic rings. The lowest BCUT2D eigenvalue weighted by Crippen LogP contribution is -2.44. The Hall–Kier alpha value is -0.650. The topological polar surface area (TPSA) is 36.0 Å². The molecule has 0 spiro atoms. The van der Waals surface area contributed by atoms with E-state index in [1.54, 1.807) is 0 Å². The van der Waals surface area contributed by atoms with Crippen molar-refractivity contribution in [3.63, 3.8) is 0 Å². The second kappa shape index (κ2) is 8.71. The van der Waals surface area contributed by atoms with Crippen molar-refractivity contribution in [2.45, 2.75) is 25.7 Å². The Morgan fingerprint density at radius 2 is 1.86 bits per heavy atom. The molecule has 2 rings (SSSR count). The van der Waals surface area contributed by atoms with E-state index in [9.17, 15) is 4.79 Å². The number of carbonyl (C=O) groups is 1. The second-order valence-electron chi connectivity index (χ2n) is 6.73. The van der Waals surface area contributed by atoms with Crippen LogP contribution < -0.4 is 0 Å². The molecule has 0 unspecified atom stereocenters. The maximum Gasteiger partial charge on any atom is 0.236 e. The standard InChI is InChI=1S/C16H31N3O2/c1-17(2)11-15-12-19(9-10-21-14-15)16(20)13-18-7-5-3-4-6-8-18/h15H,3-14H2,1-2H3/t15-/m1/s1. The zero-order chi connectivity index (χ0) is 15.1. The molecule has 5 nitrogen and oxygen atoms in total. The van der Waals surface area contributed by atoms with Gasteiger partial charge in [-0.25, -0.2) is 0 Å². The van der Waals surface area contributed by atoms with Gasteiger partial charge < -0.3 is 14.5 Å². The van der Waals surface area contributed by atoms with Gasteiger partial charge in [0.2, 0.25) is 5.91 Å². The molecule has 0 saturated carbocycles. The number of hydrogen-bond acceptors (Lipinski definition) is 4. The van der Waals surface area contributed by atoms with E-state index in [1.807, 2.05) is 4.90 Å².